The number of aromatic nitrogens is 2. The van der Waals surface area contributed by atoms with E-state index < -0.39 is 0 Å². The Kier molecular flexibility index (Phi) is 5.98. The highest BCUT2D eigenvalue weighted by Crippen LogP contribution is 2.28. The Morgan fingerprint density at radius 1 is 1.33 bits per heavy atom. The highest BCUT2D eigenvalue weighted by molar-refractivity contribution is 6.32. The van der Waals surface area contributed by atoms with Crippen LogP contribution in [0.1, 0.15) is 19.5 Å². The average Bonchev–Trinajstić information content (AvgIpc) is 2.50. The molecule has 7 heteroatoms. The van der Waals surface area contributed by atoms with Crippen LogP contribution in [0.3, 0.4) is 0 Å². The summed E-state index contributed by atoms with van der Waals surface area (Å²) in [5.41, 5.74) is 0.867. The molecule has 1 aromatic carbocycles. The highest BCUT2D eigenvalue weighted by Gasteiger charge is 2.09. The molecule has 2 rings (SSSR count). The van der Waals surface area contributed by atoms with E-state index in [0.717, 1.165) is 4.68 Å². The van der Waals surface area contributed by atoms with Gasteiger partial charge in [-0.2, -0.15) is 5.10 Å². The quantitative estimate of drug-likeness (QED) is 0.870. The number of carbonyl (C=O) groups excluding carboxylic acids is 1. The minimum absolute atomic E-state index is 0.163. The number of amides is 1. The Morgan fingerprint density at radius 3 is 2.75 bits per heavy atom. The van der Waals surface area contributed by atoms with Crippen LogP contribution in [0.15, 0.2) is 35.1 Å². The Balaban J connectivity index is 2.02. The van der Waals surface area contributed by atoms with E-state index in [2.05, 4.69) is 10.4 Å². The average molecular weight is 350 g/mol. The number of ether oxygens (including phenoxy) is 1. The third-order valence-corrected chi connectivity index (χ3v) is 3.38. The summed E-state index contributed by atoms with van der Waals surface area (Å²) in [6, 6.07) is 8.00. The molecule has 2 aromatic rings. The Hall–Kier alpha value is -2.34. The van der Waals surface area contributed by atoms with Crippen LogP contribution in [0.2, 0.25) is 5.02 Å². The van der Waals surface area contributed by atoms with Crippen LogP contribution >= 0.6 is 11.6 Å². The molecule has 1 heterocycles. The predicted octanol–water partition coefficient (Wildman–Crippen LogP) is 2.88. The van der Waals surface area contributed by atoms with Gasteiger partial charge in [0.2, 0.25) is 5.91 Å². The van der Waals surface area contributed by atoms with Crippen LogP contribution in [-0.4, -0.2) is 22.3 Å². The van der Waals surface area contributed by atoms with Crippen molar-refractivity contribution in [2.75, 3.05) is 11.9 Å². The maximum absolute atomic E-state index is 12.1. The fourth-order valence-electron chi connectivity index (χ4n) is 1.95. The van der Waals surface area contributed by atoms with Crippen molar-refractivity contribution in [3.05, 3.63) is 51.4 Å². The van der Waals surface area contributed by atoms with E-state index in [0.29, 0.717) is 34.7 Å². The first-order valence-electron chi connectivity index (χ1n) is 7.62. The molecule has 0 aliphatic heterocycles. The van der Waals surface area contributed by atoms with Crippen LogP contribution in [0.25, 0.3) is 0 Å². The van der Waals surface area contributed by atoms with E-state index in [9.17, 15) is 9.59 Å². The van der Waals surface area contributed by atoms with Gasteiger partial charge < -0.3 is 10.1 Å². The van der Waals surface area contributed by atoms with Crippen molar-refractivity contribution in [1.29, 1.82) is 0 Å². The van der Waals surface area contributed by atoms with Crippen molar-refractivity contribution in [1.82, 2.24) is 9.78 Å². The van der Waals surface area contributed by atoms with E-state index in [1.54, 1.807) is 31.2 Å². The predicted molar refractivity (Wildman–Crippen MR) is 93.6 cm³/mol. The van der Waals surface area contributed by atoms with Gasteiger partial charge >= 0.3 is 0 Å². The second-order valence-corrected chi connectivity index (χ2v) is 6.28. The lowest BCUT2D eigenvalue weighted by atomic mass is 10.2. The molecular formula is C17H20ClN3O3. The molecule has 1 amide bonds. The number of nitrogens with one attached hydrogen (secondary N) is 1. The molecule has 24 heavy (non-hydrogen) atoms. The largest absolute Gasteiger partial charge is 0.492 e. The first-order valence-corrected chi connectivity index (χ1v) is 8.00. The third-order valence-electron chi connectivity index (χ3n) is 3.08. The molecule has 0 saturated carbocycles. The van der Waals surface area contributed by atoms with Crippen molar-refractivity contribution >= 4 is 23.2 Å². The lowest BCUT2D eigenvalue weighted by molar-refractivity contribution is -0.117. The number of hydrogen-bond acceptors (Lipinski definition) is 4. The number of hydrogen-bond donors (Lipinski definition) is 1. The van der Waals surface area contributed by atoms with Gasteiger partial charge in [0.1, 0.15) is 12.3 Å². The molecule has 0 spiro atoms. The van der Waals surface area contributed by atoms with Crippen LogP contribution < -0.4 is 15.6 Å². The Morgan fingerprint density at radius 2 is 2.08 bits per heavy atom. The second-order valence-electron chi connectivity index (χ2n) is 5.87. The zero-order valence-electron chi connectivity index (χ0n) is 13.9. The van der Waals surface area contributed by atoms with Gasteiger partial charge in [0.15, 0.2) is 0 Å². The van der Waals surface area contributed by atoms with Crippen LogP contribution in [0.4, 0.5) is 5.69 Å². The topological polar surface area (TPSA) is 73.2 Å². The molecular weight excluding hydrogens is 330 g/mol. The van der Waals surface area contributed by atoms with E-state index in [-0.39, 0.29) is 18.0 Å². The van der Waals surface area contributed by atoms with Crippen molar-refractivity contribution in [2.45, 2.75) is 27.3 Å². The minimum Gasteiger partial charge on any atom is -0.492 e. The van der Waals surface area contributed by atoms with Gasteiger partial charge in [-0.3, -0.25) is 9.59 Å². The monoisotopic (exact) mass is 349 g/mol. The van der Waals surface area contributed by atoms with E-state index >= 15 is 0 Å². The summed E-state index contributed by atoms with van der Waals surface area (Å²) < 4.78 is 6.70. The molecule has 0 aliphatic carbocycles. The van der Waals surface area contributed by atoms with Gasteiger partial charge in [0.05, 0.1) is 17.3 Å². The molecule has 0 unspecified atom stereocenters. The summed E-state index contributed by atoms with van der Waals surface area (Å²) in [6.45, 7) is 6.24. The van der Waals surface area contributed by atoms with Crippen molar-refractivity contribution in [3.63, 3.8) is 0 Å². The summed E-state index contributed by atoms with van der Waals surface area (Å²) >= 11 is 6.16. The number of benzene rings is 1. The standard InChI is InChI=1S/C17H20ClN3O3/c1-11(2)10-24-15-6-5-13(8-14(15)18)19-16(22)9-21-17(23)7-4-12(3)20-21/h4-8,11H,9-10H2,1-3H3,(H,19,22). The molecule has 0 fully saturated rings. The molecule has 1 N–H and O–H groups in total. The molecule has 0 bridgehead atoms. The van der Waals surface area contributed by atoms with Gasteiger partial charge in [0.25, 0.3) is 5.56 Å². The van der Waals surface area contributed by atoms with Gasteiger partial charge in [-0.05, 0) is 37.1 Å². The minimum atomic E-state index is -0.359. The maximum Gasteiger partial charge on any atom is 0.267 e. The first kappa shape index (κ1) is 18.0. The zero-order valence-corrected chi connectivity index (χ0v) is 14.6. The molecule has 0 radical (unpaired) electrons. The number of rotatable bonds is 6. The summed E-state index contributed by atoms with van der Waals surface area (Å²) in [5.74, 6) is 0.600. The SMILES string of the molecule is Cc1ccc(=O)n(CC(=O)Nc2ccc(OCC(C)C)c(Cl)c2)n1. The number of halogens is 1. The molecule has 1 aromatic heterocycles. The fourth-order valence-corrected chi connectivity index (χ4v) is 2.19. The van der Waals surface area contributed by atoms with Crippen LogP contribution in [0, 0.1) is 12.8 Å². The van der Waals surface area contributed by atoms with Gasteiger partial charge in [-0.25, -0.2) is 4.68 Å². The normalized spacial score (nSPS) is 10.7. The van der Waals surface area contributed by atoms with E-state index in [1.807, 2.05) is 13.8 Å². The third kappa shape index (κ3) is 5.09. The van der Waals surface area contributed by atoms with Crippen molar-refractivity contribution in [2.24, 2.45) is 5.92 Å². The Labute approximate surface area is 145 Å². The zero-order chi connectivity index (χ0) is 17.7. The molecule has 0 aliphatic rings. The molecule has 0 saturated heterocycles. The lowest BCUT2D eigenvalue weighted by Crippen LogP contribution is -2.29. The second kappa shape index (κ2) is 7.97. The van der Waals surface area contributed by atoms with Gasteiger partial charge in [0, 0.05) is 11.8 Å². The molecule has 0 atom stereocenters. The number of anilines is 1. The number of carbonyl (C=O) groups is 1. The van der Waals surface area contributed by atoms with Gasteiger partial charge in [-0.15, -0.1) is 0 Å². The number of nitrogens with zero attached hydrogens (tertiary/aromatic N) is 2. The molecule has 128 valence electrons. The maximum atomic E-state index is 12.1. The fraction of sp³-hybridized carbons (Fsp3) is 0.353. The smallest absolute Gasteiger partial charge is 0.267 e. The highest BCUT2D eigenvalue weighted by atomic mass is 35.5. The molecule has 6 nitrogen and oxygen atoms in total. The van der Waals surface area contributed by atoms with Crippen LogP contribution in [0.5, 0.6) is 5.75 Å². The lowest BCUT2D eigenvalue weighted by Gasteiger charge is -2.12. The van der Waals surface area contributed by atoms with Gasteiger partial charge in [-0.1, -0.05) is 25.4 Å². The van der Waals surface area contributed by atoms with Crippen LogP contribution in [-0.2, 0) is 11.3 Å². The van der Waals surface area contributed by atoms with E-state index in [4.69, 9.17) is 16.3 Å². The summed E-state index contributed by atoms with van der Waals surface area (Å²) in [7, 11) is 0. The first-order chi connectivity index (χ1) is 11.3. The number of aryl methyl sites for hydroxylation is 1. The summed E-state index contributed by atoms with van der Waals surface area (Å²) in [4.78, 5) is 23.7. The van der Waals surface area contributed by atoms with Crippen molar-refractivity contribution < 1.29 is 9.53 Å². The Bertz CT molecular complexity index is 787. The van der Waals surface area contributed by atoms with E-state index in [1.165, 1.54) is 6.07 Å². The van der Waals surface area contributed by atoms with Crippen molar-refractivity contribution in [3.8, 4) is 5.75 Å². The summed E-state index contributed by atoms with van der Waals surface area (Å²) in [5, 5.41) is 7.13. The summed E-state index contributed by atoms with van der Waals surface area (Å²) in [6.07, 6.45) is 0.